The standard InChI is InChI=1S/C13H19B6N4O4/c1-7(24)4-23(19(15)16)9-3-10(22(6-9)18-14)12(25)20-8-2-11(13(26)27)21(17)5-8/h8-11H,2-6H2,1H3,(H,20,25)(H,26,27). The van der Waals surface area contributed by atoms with Crippen LogP contribution in [0.25, 0.3) is 0 Å². The van der Waals surface area contributed by atoms with Gasteiger partial charge in [0.25, 0.3) is 0 Å². The highest BCUT2D eigenvalue weighted by Crippen LogP contribution is 2.23. The maximum Gasteiger partial charge on any atom is 0.319 e. The van der Waals surface area contributed by atoms with Gasteiger partial charge in [-0.15, -0.1) is 0 Å². The van der Waals surface area contributed by atoms with Crippen LogP contribution >= 0.6 is 0 Å². The summed E-state index contributed by atoms with van der Waals surface area (Å²) in [5.74, 6) is -1.39. The van der Waals surface area contributed by atoms with Gasteiger partial charge in [0.15, 0.2) is 7.98 Å². The summed E-state index contributed by atoms with van der Waals surface area (Å²) in [4.78, 5) is 39.9. The largest absolute Gasteiger partial charge is 0.480 e. The molecule has 2 N–H and O–H groups in total. The molecule has 0 saturated carbocycles. The molecule has 0 aromatic carbocycles. The van der Waals surface area contributed by atoms with Gasteiger partial charge in [-0.25, -0.2) is 0 Å². The fraction of sp³-hybridized carbons (Fsp3) is 0.769. The summed E-state index contributed by atoms with van der Waals surface area (Å²) in [6.07, 6.45) is 0.614. The Bertz CT molecular complexity index is 585. The van der Waals surface area contributed by atoms with E-state index in [0.29, 0.717) is 13.0 Å². The maximum atomic E-state index is 12.7. The zero-order chi connectivity index (χ0) is 20.3. The van der Waals surface area contributed by atoms with Gasteiger partial charge in [-0.3, -0.25) is 14.4 Å². The number of carboxylic acid groups (broad SMARTS) is 1. The van der Waals surface area contributed by atoms with Crippen LogP contribution in [0, 0.1) is 0 Å². The number of nitrogens with zero attached hydrogens (tertiary/aromatic N) is 3. The summed E-state index contributed by atoms with van der Waals surface area (Å²) >= 11 is 0. The topological polar surface area (TPSA) is 93.2 Å². The van der Waals surface area contributed by atoms with E-state index in [1.54, 1.807) is 9.62 Å². The lowest BCUT2D eigenvalue weighted by atomic mass is 9.26. The summed E-state index contributed by atoms with van der Waals surface area (Å²) in [5, 5.41) is 12.0. The molecule has 4 atom stereocenters. The van der Waals surface area contributed by atoms with Crippen molar-refractivity contribution in [2.45, 2.75) is 43.9 Å². The second kappa shape index (κ2) is 9.39. The van der Waals surface area contributed by atoms with Gasteiger partial charge in [-0.1, -0.05) is 0 Å². The molecule has 2 rings (SSSR count). The quantitative estimate of drug-likeness (QED) is 0.427. The van der Waals surface area contributed by atoms with Crippen molar-refractivity contribution in [1.29, 1.82) is 0 Å². The van der Waals surface area contributed by atoms with Gasteiger partial charge in [0, 0.05) is 54.9 Å². The molecule has 2 heterocycles. The molecule has 0 aromatic heterocycles. The van der Waals surface area contributed by atoms with E-state index >= 15 is 0 Å². The second-order valence-corrected chi connectivity index (χ2v) is 7.11. The molecule has 1 amide bonds. The highest BCUT2D eigenvalue weighted by Gasteiger charge is 2.41. The summed E-state index contributed by atoms with van der Waals surface area (Å²) in [5.41, 5.74) is 0. The average molecular weight is 360 g/mol. The molecule has 4 unspecified atom stereocenters. The van der Waals surface area contributed by atoms with Crippen LogP contribution in [0.15, 0.2) is 0 Å². The third kappa shape index (κ3) is 5.45. The molecule has 133 valence electrons. The Morgan fingerprint density at radius 2 is 1.93 bits per heavy atom. The minimum atomic E-state index is -1.02. The molecule has 0 bridgehead atoms. The van der Waals surface area contributed by atoms with E-state index in [4.69, 9.17) is 36.3 Å². The van der Waals surface area contributed by atoms with Gasteiger partial charge in [0.2, 0.25) is 5.91 Å². The molecule has 2 saturated heterocycles. The lowest BCUT2D eigenvalue weighted by molar-refractivity contribution is -0.140. The Hall–Kier alpha value is -1.12. The molecule has 8 nitrogen and oxygen atoms in total. The van der Waals surface area contributed by atoms with Crippen LogP contribution < -0.4 is 5.32 Å². The normalized spacial score (nSPS) is 29.0. The molecule has 2 fully saturated rings. The molecule has 0 spiro atoms. The van der Waals surface area contributed by atoms with E-state index < -0.39 is 24.7 Å². The number of carbonyl (C=O) groups excluding carboxylic acids is 2. The summed E-state index contributed by atoms with van der Waals surface area (Å²) in [7, 11) is 24.2. The third-order valence-electron chi connectivity index (χ3n) is 5.04. The van der Waals surface area contributed by atoms with Gasteiger partial charge in [0.1, 0.15) is 19.7 Å². The van der Waals surface area contributed by atoms with Gasteiger partial charge in [-0.05, 0) is 19.8 Å². The van der Waals surface area contributed by atoms with E-state index in [9.17, 15) is 14.4 Å². The van der Waals surface area contributed by atoms with Crippen molar-refractivity contribution in [3.8, 4) is 0 Å². The van der Waals surface area contributed by atoms with Crippen LogP contribution in [-0.2, 0) is 14.4 Å². The fourth-order valence-corrected chi connectivity index (χ4v) is 3.74. The Morgan fingerprint density at radius 3 is 2.41 bits per heavy atom. The van der Waals surface area contributed by atoms with Gasteiger partial charge < -0.3 is 24.9 Å². The molecular formula is C13H19B6N4O4. The zero-order valence-corrected chi connectivity index (χ0v) is 15.3. The van der Waals surface area contributed by atoms with Gasteiger partial charge >= 0.3 is 5.97 Å². The van der Waals surface area contributed by atoms with Crippen LogP contribution in [0.2, 0.25) is 0 Å². The van der Waals surface area contributed by atoms with Crippen molar-refractivity contribution in [2.24, 2.45) is 0 Å². The van der Waals surface area contributed by atoms with Crippen LogP contribution in [0.4, 0.5) is 0 Å². The van der Waals surface area contributed by atoms with Gasteiger partial charge in [-0.2, -0.15) is 0 Å². The number of Topliss-reactive ketones (excluding diaryl/α,β-unsaturated/α-hetero) is 1. The summed E-state index contributed by atoms with van der Waals surface area (Å²) in [6, 6.07) is -1.98. The van der Waals surface area contributed by atoms with Crippen molar-refractivity contribution in [2.75, 3.05) is 19.6 Å². The lowest BCUT2D eigenvalue weighted by Crippen LogP contribution is -2.51. The van der Waals surface area contributed by atoms with Crippen molar-refractivity contribution in [3.63, 3.8) is 0 Å². The van der Waals surface area contributed by atoms with Crippen LogP contribution in [0.3, 0.4) is 0 Å². The molecule has 27 heavy (non-hydrogen) atoms. The number of nitrogens with one attached hydrogen (secondary N) is 1. The third-order valence-corrected chi connectivity index (χ3v) is 5.04. The number of carboxylic acids is 1. The first-order chi connectivity index (χ1) is 12.6. The molecule has 9 radical (unpaired) electrons. The molecule has 14 heteroatoms. The highest BCUT2D eigenvalue weighted by atomic mass is 16.4. The predicted molar refractivity (Wildman–Crippen MR) is 105 cm³/mol. The molecule has 0 aromatic rings. The number of carbonyl (C=O) groups is 3. The number of ketones is 1. The van der Waals surface area contributed by atoms with E-state index in [1.807, 2.05) is 0 Å². The number of hydrogen-bond acceptors (Lipinski definition) is 6. The number of aliphatic carboxylic acids is 1. The molecule has 2 aliphatic rings. The first-order valence-electron chi connectivity index (χ1n) is 8.75. The smallest absolute Gasteiger partial charge is 0.319 e. The minimum absolute atomic E-state index is 0.0826. The van der Waals surface area contributed by atoms with E-state index in [0.717, 1.165) is 0 Å². The van der Waals surface area contributed by atoms with Crippen LogP contribution in [-0.4, -0.2) is 126 Å². The zero-order valence-electron chi connectivity index (χ0n) is 15.3. The van der Waals surface area contributed by atoms with Crippen molar-refractivity contribution >= 4 is 62.8 Å². The number of rotatable bonds is 8. The van der Waals surface area contributed by atoms with E-state index in [1.165, 1.54) is 19.0 Å². The maximum absolute atomic E-state index is 12.7. The van der Waals surface area contributed by atoms with Crippen LogP contribution in [0.5, 0.6) is 0 Å². The molecule has 2 aliphatic heterocycles. The Kier molecular flexibility index (Phi) is 7.71. The Balaban J connectivity index is 2.01. The Morgan fingerprint density at radius 1 is 1.26 bits per heavy atom. The molecular weight excluding hydrogens is 341 g/mol. The highest BCUT2D eigenvalue weighted by molar-refractivity contribution is 7.27. The van der Waals surface area contributed by atoms with Crippen LogP contribution in [0.1, 0.15) is 19.8 Å². The summed E-state index contributed by atoms with van der Waals surface area (Å²) < 4.78 is 0. The predicted octanol–water partition coefficient (Wildman–Crippen LogP) is -3.93. The monoisotopic (exact) mass is 361 g/mol. The first-order valence-corrected chi connectivity index (χ1v) is 8.75. The molecule has 0 aliphatic carbocycles. The fourth-order valence-electron chi connectivity index (χ4n) is 3.74. The Labute approximate surface area is 166 Å². The summed E-state index contributed by atoms with van der Waals surface area (Å²) in [6.45, 7) is 1.34. The first kappa shape index (κ1) is 22.2. The SMILES string of the molecule is [B][B]N1CC(N(CC(C)=O)B([B])[B])CC1C(=O)NC1CC(C(=O)O)N([B])C1. The van der Waals surface area contributed by atoms with Crippen molar-refractivity contribution in [1.82, 2.24) is 19.7 Å². The number of amides is 1. The van der Waals surface area contributed by atoms with E-state index in [-0.39, 0.29) is 43.3 Å². The van der Waals surface area contributed by atoms with Crippen molar-refractivity contribution in [3.05, 3.63) is 0 Å². The average Bonchev–Trinajstić information content (AvgIpc) is 3.15. The number of hydrogen-bond donors (Lipinski definition) is 2. The second-order valence-electron chi connectivity index (χ2n) is 7.11. The van der Waals surface area contributed by atoms with E-state index in [2.05, 4.69) is 5.32 Å². The van der Waals surface area contributed by atoms with Crippen molar-refractivity contribution < 1.29 is 19.5 Å². The lowest BCUT2D eigenvalue weighted by Gasteiger charge is -2.31. The minimum Gasteiger partial charge on any atom is -0.480 e. The van der Waals surface area contributed by atoms with Gasteiger partial charge in [0.05, 0.1) is 12.1 Å².